The number of aromatic nitrogens is 2. The van der Waals surface area contributed by atoms with Crippen LogP contribution in [0.2, 0.25) is 0 Å². The van der Waals surface area contributed by atoms with Crippen molar-refractivity contribution in [2.75, 3.05) is 13.6 Å². The monoisotopic (exact) mass is 403 g/mol. The smallest absolute Gasteiger partial charge is 0.289 e. The van der Waals surface area contributed by atoms with E-state index in [0.717, 1.165) is 40.9 Å². The molecule has 0 saturated carbocycles. The maximum absolute atomic E-state index is 13.1. The second-order valence-corrected chi connectivity index (χ2v) is 7.15. The fourth-order valence-corrected chi connectivity index (χ4v) is 3.36. The first-order valence-corrected chi connectivity index (χ1v) is 9.80. The molecule has 2 heterocycles. The average molecular weight is 403 g/mol. The van der Waals surface area contributed by atoms with Crippen LogP contribution in [0, 0.1) is 5.82 Å². The summed E-state index contributed by atoms with van der Waals surface area (Å²) in [6, 6.07) is 19.7. The Morgan fingerprint density at radius 1 is 1.07 bits per heavy atom. The van der Waals surface area contributed by atoms with Gasteiger partial charge >= 0.3 is 0 Å². The average Bonchev–Trinajstić information content (AvgIpc) is 3.44. The Morgan fingerprint density at radius 3 is 2.60 bits per heavy atom. The Hall–Kier alpha value is -3.67. The first-order valence-electron chi connectivity index (χ1n) is 9.80. The molecule has 4 rings (SSSR count). The van der Waals surface area contributed by atoms with Crippen molar-refractivity contribution in [3.63, 3.8) is 0 Å². The SMILES string of the molecule is CN(CCCc1cc(-c2ccc(F)cc2)n[nH]1)C(=O)c1occc1-c1ccccc1. The molecule has 0 aliphatic rings. The van der Waals surface area contributed by atoms with Gasteiger partial charge in [-0.15, -0.1) is 0 Å². The Bertz CT molecular complexity index is 1120. The molecular formula is C24H22FN3O2. The summed E-state index contributed by atoms with van der Waals surface area (Å²) in [6.07, 6.45) is 3.06. The lowest BCUT2D eigenvalue weighted by Crippen LogP contribution is -2.28. The maximum Gasteiger partial charge on any atom is 0.289 e. The van der Waals surface area contributed by atoms with Crippen LogP contribution >= 0.6 is 0 Å². The number of nitrogens with one attached hydrogen (secondary N) is 1. The summed E-state index contributed by atoms with van der Waals surface area (Å²) in [7, 11) is 1.77. The number of benzene rings is 2. The zero-order valence-electron chi connectivity index (χ0n) is 16.6. The summed E-state index contributed by atoms with van der Waals surface area (Å²) in [5.74, 6) is -0.0616. The Morgan fingerprint density at radius 2 is 1.83 bits per heavy atom. The van der Waals surface area contributed by atoms with Crippen molar-refractivity contribution in [2.45, 2.75) is 12.8 Å². The largest absolute Gasteiger partial charge is 0.459 e. The van der Waals surface area contributed by atoms with E-state index in [1.165, 1.54) is 12.1 Å². The molecule has 0 radical (unpaired) electrons. The molecule has 2 aromatic carbocycles. The lowest BCUT2D eigenvalue weighted by Gasteiger charge is -2.16. The van der Waals surface area contributed by atoms with Crippen LogP contribution in [0.3, 0.4) is 0 Å². The van der Waals surface area contributed by atoms with Crippen LogP contribution in [0.15, 0.2) is 77.4 Å². The highest BCUT2D eigenvalue weighted by atomic mass is 19.1. The second kappa shape index (κ2) is 8.78. The van der Waals surface area contributed by atoms with E-state index in [4.69, 9.17) is 4.42 Å². The molecule has 2 aromatic heterocycles. The van der Waals surface area contributed by atoms with E-state index in [2.05, 4.69) is 10.2 Å². The molecule has 5 nitrogen and oxygen atoms in total. The van der Waals surface area contributed by atoms with Gasteiger partial charge in [0.2, 0.25) is 0 Å². The van der Waals surface area contributed by atoms with Crippen molar-refractivity contribution in [1.82, 2.24) is 15.1 Å². The fraction of sp³-hybridized carbons (Fsp3) is 0.167. The molecule has 6 heteroatoms. The van der Waals surface area contributed by atoms with Crippen molar-refractivity contribution in [1.29, 1.82) is 0 Å². The number of amides is 1. The normalized spacial score (nSPS) is 10.9. The molecule has 0 unspecified atom stereocenters. The third-order valence-electron chi connectivity index (χ3n) is 5.00. The minimum atomic E-state index is -0.269. The van der Waals surface area contributed by atoms with Gasteiger partial charge in [-0.1, -0.05) is 30.3 Å². The van der Waals surface area contributed by atoms with E-state index in [0.29, 0.717) is 12.3 Å². The summed E-state index contributed by atoms with van der Waals surface area (Å²) in [4.78, 5) is 14.5. The molecule has 0 fully saturated rings. The molecule has 1 amide bonds. The number of hydrogen-bond donors (Lipinski definition) is 1. The van der Waals surface area contributed by atoms with Crippen LogP contribution < -0.4 is 0 Å². The number of hydrogen-bond acceptors (Lipinski definition) is 3. The van der Waals surface area contributed by atoms with Crippen molar-refractivity contribution in [3.8, 4) is 22.4 Å². The number of furan rings is 1. The van der Waals surface area contributed by atoms with Gasteiger partial charge in [-0.25, -0.2) is 4.39 Å². The first kappa shape index (κ1) is 19.6. The molecule has 0 bridgehead atoms. The van der Waals surface area contributed by atoms with Crippen LogP contribution in [0.4, 0.5) is 4.39 Å². The molecule has 30 heavy (non-hydrogen) atoms. The Kier molecular flexibility index (Phi) is 5.75. The highest BCUT2D eigenvalue weighted by Crippen LogP contribution is 2.25. The van der Waals surface area contributed by atoms with E-state index in [9.17, 15) is 9.18 Å². The standard InChI is InChI=1S/C24H22FN3O2/c1-28(24(29)23-21(13-15-30-23)17-6-3-2-4-7-17)14-5-8-20-16-22(27-26-20)18-9-11-19(25)12-10-18/h2-4,6-7,9-13,15-16H,5,8,14H2,1H3,(H,26,27). The molecule has 0 saturated heterocycles. The van der Waals surface area contributed by atoms with E-state index in [-0.39, 0.29) is 11.7 Å². The lowest BCUT2D eigenvalue weighted by atomic mass is 10.1. The number of rotatable bonds is 7. The molecule has 1 N–H and O–H groups in total. The summed E-state index contributed by atoms with van der Waals surface area (Å²) in [6.45, 7) is 0.582. The molecule has 152 valence electrons. The zero-order valence-corrected chi connectivity index (χ0v) is 16.6. The number of aromatic amines is 1. The van der Waals surface area contributed by atoms with Crippen LogP contribution in [0.25, 0.3) is 22.4 Å². The number of halogens is 1. The summed E-state index contributed by atoms with van der Waals surface area (Å²) in [5, 5.41) is 7.31. The van der Waals surface area contributed by atoms with Gasteiger partial charge in [-0.2, -0.15) is 5.10 Å². The number of nitrogens with zero attached hydrogens (tertiary/aromatic N) is 2. The number of H-pyrrole nitrogens is 1. The third-order valence-corrected chi connectivity index (χ3v) is 5.00. The van der Waals surface area contributed by atoms with Gasteiger partial charge in [-0.05, 0) is 54.8 Å². The summed E-state index contributed by atoms with van der Waals surface area (Å²) >= 11 is 0. The molecule has 0 atom stereocenters. The van der Waals surface area contributed by atoms with E-state index in [1.807, 2.05) is 42.5 Å². The molecule has 0 aliphatic carbocycles. The van der Waals surface area contributed by atoms with Crippen LogP contribution in [0.1, 0.15) is 22.7 Å². The van der Waals surface area contributed by atoms with Gasteiger partial charge in [0.25, 0.3) is 5.91 Å². The van der Waals surface area contributed by atoms with Crippen LogP contribution in [-0.4, -0.2) is 34.6 Å². The quantitative estimate of drug-likeness (QED) is 0.462. The fourth-order valence-electron chi connectivity index (χ4n) is 3.36. The molecule has 0 aliphatic heterocycles. The Balaban J connectivity index is 1.35. The molecule has 0 spiro atoms. The summed E-state index contributed by atoms with van der Waals surface area (Å²) < 4.78 is 18.6. The van der Waals surface area contributed by atoms with Gasteiger partial charge in [0, 0.05) is 30.4 Å². The van der Waals surface area contributed by atoms with Crippen molar-refractivity contribution >= 4 is 5.91 Å². The van der Waals surface area contributed by atoms with Gasteiger partial charge < -0.3 is 9.32 Å². The van der Waals surface area contributed by atoms with Gasteiger partial charge in [0.05, 0.1) is 12.0 Å². The first-order chi connectivity index (χ1) is 14.6. The van der Waals surface area contributed by atoms with E-state index in [1.54, 1.807) is 30.3 Å². The second-order valence-electron chi connectivity index (χ2n) is 7.15. The van der Waals surface area contributed by atoms with Crippen molar-refractivity contribution in [3.05, 3.63) is 90.3 Å². The van der Waals surface area contributed by atoms with Crippen LogP contribution in [-0.2, 0) is 6.42 Å². The Labute approximate surface area is 174 Å². The van der Waals surface area contributed by atoms with E-state index >= 15 is 0 Å². The van der Waals surface area contributed by atoms with Gasteiger partial charge in [0.1, 0.15) is 5.82 Å². The number of carbonyl (C=O) groups excluding carboxylic acids is 1. The van der Waals surface area contributed by atoms with Crippen LogP contribution in [0.5, 0.6) is 0 Å². The highest BCUT2D eigenvalue weighted by molar-refractivity contribution is 5.98. The zero-order chi connectivity index (χ0) is 20.9. The molecule has 4 aromatic rings. The van der Waals surface area contributed by atoms with Gasteiger partial charge in [-0.3, -0.25) is 9.89 Å². The predicted molar refractivity (Wildman–Crippen MR) is 113 cm³/mol. The number of carbonyl (C=O) groups is 1. The highest BCUT2D eigenvalue weighted by Gasteiger charge is 2.20. The lowest BCUT2D eigenvalue weighted by molar-refractivity contribution is 0.0763. The van der Waals surface area contributed by atoms with E-state index < -0.39 is 0 Å². The minimum absolute atomic E-state index is 0.143. The number of aryl methyl sites for hydroxylation is 1. The third kappa shape index (κ3) is 4.33. The minimum Gasteiger partial charge on any atom is -0.459 e. The topological polar surface area (TPSA) is 62.1 Å². The van der Waals surface area contributed by atoms with Crippen molar-refractivity contribution < 1.29 is 13.6 Å². The van der Waals surface area contributed by atoms with Crippen molar-refractivity contribution in [2.24, 2.45) is 0 Å². The summed E-state index contributed by atoms with van der Waals surface area (Å²) in [5.41, 5.74) is 4.35. The molecular weight excluding hydrogens is 381 g/mol. The predicted octanol–water partition coefficient (Wildman–Crippen LogP) is 5.18. The van der Waals surface area contributed by atoms with Gasteiger partial charge in [0.15, 0.2) is 5.76 Å². The maximum atomic E-state index is 13.1.